The van der Waals surface area contributed by atoms with E-state index in [0.29, 0.717) is 11.5 Å². The summed E-state index contributed by atoms with van der Waals surface area (Å²) >= 11 is 0. The van der Waals surface area contributed by atoms with Crippen LogP contribution in [-0.4, -0.2) is 45.7 Å². The van der Waals surface area contributed by atoms with Crippen molar-refractivity contribution in [3.8, 4) is 0 Å². The molecule has 7 nitrogen and oxygen atoms in total. The summed E-state index contributed by atoms with van der Waals surface area (Å²) in [6.45, 7) is 8.71. The molecule has 2 amide bonds. The molecule has 0 fully saturated rings. The van der Waals surface area contributed by atoms with Gasteiger partial charge in [0, 0.05) is 6.04 Å². The van der Waals surface area contributed by atoms with Crippen LogP contribution in [0.1, 0.15) is 34.6 Å². The first-order valence-corrected chi connectivity index (χ1v) is 9.37. The van der Waals surface area contributed by atoms with E-state index in [4.69, 9.17) is 0 Å². The highest BCUT2D eigenvalue weighted by atomic mass is 32.3. The molecule has 0 saturated carbocycles. The van der Waals surface area contributed by atoms with E-state index in [1.165, 1.54) is 6.92 Å². The molecule has 0 aromatic heterocycles. The summed E-state index contributed by atoms with van der Waals surface area (Å²) < 4.78 is 0. The molecule has 1 rings (SSSR count). The van der Waals surface area contributed by atoms with E-state index in [2.05, 4.69) is 10.6 Å². The van der Waals surface area contributed by atoms with Crippen LogP contribution in [0.2, 0.25) is 0 Å². The molecule has 0 aromatic rings. The molecule has 1 heterocycles. The fourth-order valence-corrected chi connectivity index (χ4v) is 6.51. The van der Waals surface area contributed by atoms with Gasteiger partial charge in [0.1, 0.15) is 0 Å². The first-order valence-electron chi connectivity index (χ1n) is 7.40. The van der Waals surface area contributed by atoms with Gasteiger partial charge < -0.3 is 20.8 Å². The van der Waals surface area contributed by atoms with Crippen LogP contribution in [0.4, 0.5) is 4.79 Å². The van der Waals surface area contributed by atoms with Gasteiger partial charge in [-0.25, -0.2) is 14.4 Å². The minimum absolute atomic E-state index is 0.0972. The zero-order chi connectivity index (χ0) is 17.9. The predicted molar refractivity (Wildman–Crippen MR) is 90.5 cm³/mol. The van der Waals surface area contributed by atoms with Crippen molar-refractivity contribution < 1.29 is 24.6 Å². The predicted octanol–water partition coefficient (Wildman–Crippen LogP) is 2.21. The molecule has 0 aliphatic carbocycles. The molecule has 0 radical (unpaired) electrons. The summed E-state index contributed by atoms with van der Waals surface area (Å²) in [7, 11) is -2.09. The lowest BCUT2D eigenvalue weighted by molar-refractivity contribution is -0.132. The summed E-state index contributed by atoms with van der Waals surface area (Å²) in [5, 5.41) is 24.6. The smallest absolute Gasteiger partial charge is 0.341 e. The van der Waals surface area contributed by atoms with Gasteiger partial charge in [-0.3, -0.25) is 0 Å². The fraction of sp³-hybridized carbons (Fsp3) is 0.533. The van der Waals surface area contributed by atoms with Crippen molar-refractivity contribution in [3.05, 3.63) is 21.1 Å². The number of carboxylic acids is 2. The average Bonchev–Trinajstić information content (AvgIpc) is 2.66. The summed E-state index contributed by atoms with van der Waals surface area (Å²) in [6.07, 6.45) is 0. The maximum atomic E-state index is 12.1. The Labute approximate surface area is 137 Å². The van der Waals surface area contributed by atoms with E-state index in [9.17, 15) is 24.6 Å². The molecule has 0 unspecified atom stereocenters. The minimum Gasteiger partial charge on any atom is -0.478 e. The lowest BCUT2D eigenvalue weighted by Crippen LogP contribution is -2.40. The second-order valence-corrected chi connectivity index (χ2v) is 9.22. The van der Waals surface area contributed by atoms with Crippen molar-refractivity contribution >= 4 is 28.0 Å². The SMILES string of the molecule is CCS1(CC)C(NC(=O)NC(C)C)=C(C(=O)O)C(C)=C1C(=O)O. The van der Waals surface area contributed by atoms with Crippen LogP contribution in [-0.2, 0) is 9.59 Å². The molecular formula is C15H24N2O5S. The Morgan fingerprint density at radius 2 is 1.61 bits per heavy atom. The number of amides is 2. The van der Waals surface area contributed by atoms with E-state index in [1.54, 1.807) is 13.8 Å². The van der Waals surface area contributed by atoms with E-state index >= 15 is 0 Å². The monoisotopic (exact) mass is 344 g/mol. The number of nitrogens with one attached hydrogen (secondary N) is 2. The number of hydrogen-bond acceptors (Lipinski definition) is 3. The zero-order valence-electron chi connectivity index (χ0n) is 14.0. The fourth-order valence-electron chi connectivity index (χ4n) is 2.80. The number of urea groups is 1. The van der Waals surface area contributed by atoms with E-state index in [0.717, 1.165) is 0 Å². The van der Waals surface area contributed by atoms with Crippen molar-refractivity contribution in [1.82, 2.24) is 10.6 Å². The lowest BCUT2D eigenvalue weighted by Gasteiger charge is -2.38. The van der Waals surface area contributed by atoms with Crippen LogP contribution >= 0.6 is 10.0 Å². The second kappa shape index (κ2) is 7.08. The average molecular weight is 344 g/mol. The van der Waals surface area contributed by atoms with Gasteiger partial charge in [-0.05, 0) is 37.9 Å². The van der Waals surface area contributed by atoms with Gasteiger partial charge in [-0.2, -0.15) is 10.0 Å². The maximum absolute atomic E-state index is 12.1. The highest BCUT2D eigenvalue weighted by Gasteiger charge is 2.45. The largest absolute Gasteiger partial charge is 0.478 e. The van der Waals surface area contributed by atoms with E-state index in [-0.39, 0.29) is 27.1 Å². The zero-order valence-corrected chi connectivity index (χ0v) is 14.8. The normalized spacial score (nSPS) is 18.2. The third kappa shape index (κ3) is 3.36. The molecule has 1 aliphatic heterocycles. The summed E-state index contributed by atoms with van der Waals surface area (Å²) in [6, 6.07) is -0.641. The van der Waals surface area contributed by atoms with Crippen molar-refractivity contribution in [3.63, 3.8) is 0 Å². The number of hydrogen-bond donors (Lipinski definition) is 4. The van der Waals surface area contributed by atoms with Gasteiger partial charge >= 0.3 is 18.0 Å². The minimum atomic E-state index is -2.09. The number of carbonyl (C=O) groups excluding carboxylic acids is 1. The Balaban J connectivity index is 3.50. The van der Waals surface area contributed by atoms with Gasteiger partial charge in [0.05, 0.1) is 15.5 Å². The molecule has 1 aliphatic rings. The van der Waals surface area contributed by atoms with E-state index < -0.39 is 28.0 Å². The third-order valence-electron chi connectivity index (χ3n) is 3.76. The Hall–Kier alpha value is -1.96. The van der Waals surface area contributed by atoms with Gasteiger partial charge in [0.25, 0.3) is 0 Å². The summed E-state index contributed by atoms with van der Waals surface area (Å²) in [4.78, 5) is 35.6. The van der Waals surface area contributed by atoms with Crippen molar-refractivity contribution in [2.75, 3.05) is 11.5 Å². The highest BCUT2D eigenvalue weighted by Crippen LogP contribution is 2.67. The van der Waals surface area contributed by atoms with Crippen LogP contribution in [0.3, 0.4) is 0 Å². The quantitative estimate of drug-likeness (QED) is 0.589. The number of carbonyl (C=O) groups is 3. The summed E-state index contributed by atoms with van der Waals surface area (Å²) in [5.41, 5.74) is 0.128. The first-order chi connectivity index (χ1) is 10.6. The number of carboxylic acid groups (broad SMARTS) is 2. The Morgan fingerprint density at radius 1 is 1.09 bits per heavy atom. The molecule has 23 heavy (non-hydrogen) atoms. The standard InChI is InChI=1S/C15H24N2O5S/c1-6-23(7-2)11(14(20)21)9(5)10(13(18)19)12(23)17-15(22)16-8(3)4/h8H,6-7H2,1-5H3,(H,18,19)(H,20,21)(H2,16,17,22). The van der Waals surface area contributed by atoms with Gasteiger partial charge in [-0.1, -0.05) is 13.8 Å². The second-order valence-electron chi connectivity index (χ2n) is 5.48. The first kappa shape index (κ1) is 19.1. The topological polar surface area (TPSA) is 116 Å². The molecule has 0 saturated heterocycles. The van der Waals surface area contributed by atoms with Crippen LogP contribution in [0.15, 0.2) is 21.1 Å². The lowest BCUT2D eigenvalue weighted by atomic mass is 10.1. The molecule has 0 atom stereocenters. The molecular weight excluding hydrogens is 320 g/mol. The van der Waals surface area contributed by atoms with Gasteiger partial charge in [0.15, 0.2) is 0 Å². The highest BCUT2D eigenvalue weighted by molar-refractivity contribution is 8.40. The van der Waals surface area contributed by atoms with Crippen molar-refractivity contribution in [2.45, 2.75) is 40.7 Å². The van der Waals surface area contributed by atoms with Crippen LogP contribution in [0.25, 0.3) is 0 Å². The van der Waals surface area contributed by atoms with Gasteiger partial charge in [0.2, 0.25) is 0 Å². The van der Waals surface area contributed by atoms with Crippen molar-refractivity contribution in [2.24, 2.45) is 0 Å². The summed E-state index contributed by atoms with van der Waals surface area (Å²) in [5.74, 6) is -1.44. The number of aliphatic carboxylic acids is 2. The molecule has 0 aromatic carbocycles. The Kier molecular flexibility index (Phi) is 5.87. The molecule has 130 valence electrons. The Bertz CT molecular complexity index is 603. The van der Waals surface area contributed by atoms with Crippen LogP contribution in [0.5, 0.6) is 0 Å². The van der Waals surface area contributed by atoms with Gasteiger partial charge in [-0.15, -0.1) is 0 Å². The molecule has 0 spiro atoms. The maximum Gasteiger partial charge on any atom is 0.341 e. The third-order valence-corrected chi connectivity index (χ3v) is 8.09. The number of rotatable bonds is 6. The molecule has 8 heteroatoms. The van der Waals surface area contributed by atoms with E-state index in [1.807, 2.05) is 13.8 Å². The van der Waals surface area contributed by atoms with Crippen molar-refractivity contribution in [1.29, 1.82) is 0 Å². The van der Waals surface area contributed by atoms with Crippen LogP contribution in [0, 0.1) is 0 Å². The Morgan fingerprint density at radius 3 is 1.96 bits per heavy atom. The van der Waals surface area contributed by atoms with Crippen LogP contribution < -0.4 is 10.6 Å². The molecule has 4 N–H and O–H groups in total. The molecule has 0 bridgehead atoms.